The molecule has 4 rings (SSSR count). The molecule has 0 saturated carbocycles. The van der Waals surface area contributed by atoms with Gasteiger partial charge in [0.1, 0.15) is 23.0 Å². The van der Waals surface area contributed by atoms with E-state index in [1.54, 1.807) is 12.1 Å². The molecule has 0 radical (unpaired) electrons. The number of rotatable bonds is 4. The molecule has 33 heavy (non-hydrogen) atoms. The first-order valence-corrected chi connectivity index (χ1v) is 12.3. The Kier molecular flexibility index (Phi) is 5.66. The number of hydrogen-bond acceptors (Lipinski definition) is 4. The van der Waals surface area contributed by atoms with Crippen molar-refractivity contribution in [2.75, 3.05) is 0 Å². The van der Waals surface area contributed by atoms with Crippen molar-refractivity contribution in [3.05, 3.63) is 46.5 Å². The Morgan fingerprint density at radius 3 is 1.39 bits per heavy atom. The van der Waals surface area contributed by atoms with Crippen LogP contribution in [0.4, 0.5) is 0 Å². The molecule has 0 bridgehead atoms. The number of aromatic hydroxyl groups is 2. The Labute approximate surface area is 198 Å². The molecule has 0 amide bonds. The van der Waals surface area contributed by atoms with E-state index >= 15 is 0 Å². The molecule has 0 fully saturated rings. The summed E-state index contributed by atoms with van der Waals surface area (Å²) in [5, 5.41) is 21.4. The second kappa shape index (κ2) is 7.85. The molecule has 1 spiro atoms. The Morgan fingerprint density at radius 1 is 0.697 bits per heavy atom. The number of hydrogen-bond donors (Lipinski definition) is 2. The van der Waals surface area contributed by atoms with Gasteiger partial charge in [-0.1, -0.05) is 55.4 Å². The summed E-state index contributed by atoms with van der Waals surface area (Å²) in [5.41, 5.74) is 3.77. The molecule has 2 aliphatic heterocycles. The van der Waals surface area contributed by atoms with Crippen molar-refractivity contribution in [1.82, 2.24) is 0 Å². The van der Waals surface area contributed by atoms with Gasteiger partial charge in [-0.25, -0.2) is 0 Å². The summed E-state index contributed by atoms with van der Waals surface area (Å²) in [4.78, 5) is 0. The summed E-state index contributed by atoms with van der Waals surface area (Å²) < 4.78 is 13.2. The van der Waals surface area contributed by atoms with Crippen molar-refractivity contribution in [3.63, 3.8) is 0 Å². The summed E-state index contributed by atoms with van der Waals surface area (Å²) in [5.74, 6) is 2.00. The first-order chi connectivity index (χ1) is 15.2. The average molecular weight is 453 g/mol. The van der Waals surface area contributed by atoms with Crippen molar-refractivity contribution < 1.29 is 19.7 Å². The standard InChI is InChI=1S/C29H40O4/c1-17(2)9-19-11-21-25(13-23(19)30)32-29(15-27(21,5)6)16-28(7,8)22-12-20(10-18(3)4)24(31)14-26(22)33-29/h11-14,17-18,30-31H,9-10,15-16H2,1-8H3. The van der Waals surface area contributed by atoms with Crippen LogP contribution in [0.15, 0.2) is 24.3 Å². The zero-order valence-electron chi connectivity index (χ0n) is 21.5. The van der Waals surface area contributed by atoms with Crippen molar-refractivity contribution >= 4 is 0 Å². The lowest BCUT2D eigenvalue weighted by atomic mass is 9.68. The zero-order valence-corrected chi connectivity index (χ0v) is 21.5. The van der Waals surface area contributed by atoms with Gasteiger partial charge >= 0.3 is 0 Å². The number of fused-ring (bicyclic) bond motifs is 2. The SMILES string of the molecule is CC(C)Cc1cc2c(cc1O)OC1(CC2(C)C)CC(C)(C)c2cc(CC(C)C)c(O)cc2O1. The maximum absolute atomic E-state index is 10.7. The van der Waals surface area contributed by atoms with E-state index in [2.05, 4.69) is 67.5 Å². The number of phenolic OH excluding ortho intramolecular Hbond substituents is 2. The van der Waals surface area contributed by atoms with Crippen LogP contribution >= 0.6 is 0 Å². The Hall–Kier alpha value is -2.36. The lowest BCUT2D eigenvalue weighted by Crippen LogP contribution is -2.55. The van der Waals surface area contributed by atoms with E-state index in [0.717, 1.165) is 35.1 Å². The topological polar surface area (TPSA) is 58.9 Å². The Bertz CT molecular complexity index is 976. The molecule has 0 aliphatic carbocycles. The monoisotopic (exact) mass is 452 g/mol. The predicted molar refractivity (Wildman–Crippen MR) is 133 cm³/mol. The largest absolute Gasteiger partial charge is 0.508 e. The van der Waals surface area contributed by atoms with Crippen LogP contribution in [-0.2, 0) is 23.7 Å². The molecule has 180 valence electrons. The average Bonchev–Trinajstić information content (AvgIpc) is 2.62. The molecule has 4 nitrogen and oxygen atoms in total. The van der Waals surface area contributed by atoms with Crippen molar-refractivity contribution in [2.24, 2.45) is 11.8 Å². The fraction of sp³-hybridized carbons (Fsp3) is 0.586. The Morgan fingerprint density at radius 2 is 1.06 bits per heavy atom. The van der Waals surface area contributed by atoms with Gasteiger partial charge in [0.25, 0.3) is 5.79 Å². The summed E-state index contributed by atoms with van der Waals surface area (Å²) in [6, 6.07) is 7.77. The molecule has 2 heterocycles. The van der Waals surface area contributed by atoms with Gasteiger partial charge in [0.2, 0.25) is 0 Å². The number of benzene rings is 2. The Balaban J connectivity index is 1.76. The molecule has 0 aromatic heterocycles. The van der Waals surface area contributed by atoms with Crippen LogP contribution in [0.5, 0.6) is 23.0 Å². The maximum atomic E-state index is 10.7. The third-order valence-corrected chi connectivity index (χ3v) is 7.09. The molecule has 0 unspecified atom stereocenters. The van der Waals surface area contributed by atoms with E-state index in [1.807, 2.05) is 0 Å². The van der Waals surface area contributed by atoms with Gasteiger partial charge in [-0.05, 0) is 47.9 Å². The molecular formula is C29H40O4. The second-order valence-corrected chi connectivity index (χ2v) is 12.4. The second-order valence-electron chi connectivity index (χ2n) is 12.4. The van der Waals surface area contributed by atoms with E-state index in [4.69, 9.17) is 9.47 Å². The van der Waals surface area contributed by atoms with Gasteiger partial charge in [-0.3, -0.25) is 0 Å². The fourth-order valence-corrected chi connectivity index (χ4v) is 5.83. The van der Waals surface area contributed by atoms with Gasteiger partial charge in [0.15, 0.2) is 0 Å². The lowest BCUT2D eigenvalue weighted by molar-refractivity contribution is -0.166. The highest BCUT2D eigenvalue weighted by atomic mass is 16.7. The molecule has 4 heteroatoms. The van der Waals surface area contributed by atoms with Crippen LogP contribution in [-0.4, -0.2) is 16.0 Å². The van der Waals surface area contributed by atoms with Crippen molar-refractivity contribution in [3.8, 4) is 23.0 Å². The highest BCUT2D eigenvalue weighted by Crippen LogP contribution is 2.55. The first kappa shape index (κ1) is 23.8. The van der Waals surface area contributed by atoms with Crippen LogP contribution in [0.1, 0.15) is 90.5 Å². The third-order valence-electron chi connectivity index (χ3n) is 7.09. The molecule has 2 aromatic rings. The smallest absolute Gasteiger partial charge is 0.252 e. The van der Waals surface area contributed by atoms with Crippen LogP contribution in [0.3, 0.4) is 0 Å². The predicted octanol–water partition coefficient (Wildman–Crippen LogP) is 7.01. The van der Waals surface area contributed by atoms with Gasteiger partial charge in [0, 0.05) is 46.9 Å². The minimum absolute atomic E-state index is 0.194. The maximum Gasteiger partial charge on any atom is 0.252 e. The third kappa shape index (κ3) is 4.41. The van der Waals surface area contributed by atoms with E-state index in [1.165, 1.54) is 0 Å². The fourth-order valence-electron chi connectivity index (χ4n) is 5.83. The molecule has 0 atom stereocenters. The van der Waals surface area contributed by atoms with Gasteiger partial charge < -0.3 is 19.7 Å². The highest BCUT2D eigenvalue weighted by molar-refractivity contribution is 5.53. The first-order valence-electron chi connectivity index (χ1n) is 12.3. The summed E-state index contributed by atoms with van der Waals surface area (Å²) >= 11 is 0. The van der Waals surface area contributed by atoms with Gasteiger partial charge in [-0.15, -0.1) is 0 Å². The summed E-state index contributed by atoms with van der Waals surface area (Å²) in [7, 11) is 0. The summed E-state index contributed by atoms with van der Waals surface area (Å²) in [6.45, 7) is 17.5. The minimum atomic E-state index is -0.856. The molecule has 0 saturated heterocycles. The van der Waals surface area contributed by atoms with Crippen LogP contribution in [0.2, 0.25) is 0 Å². The normalized spacial score (nSPS) is 19.7. The van der Waals surface area contributed by atoms with E-state index in [9.17, 15) is 10.2 Å². The highest BCUT2D eigenvalue weighted by Gasteiger charge is 2.53. The molecule has 2 N–H and O–H groups in total. The van der Waals surface area contributed by atoms with Gasteiger partial charge in [-0.2, -0.15) is 0 Å². The van der Waals surface area contributed by atoms with Crippen molar-refractivity contribution in [2.45, 2.75) is 97.7 Å². The van der Waals surface area contributed by atoms with Crippen LogP contribution < -0.4 is 9.47 Å². The number of phenols is 2. The van der Waals surface area contributed by atoms with Crippen molar-refractivity contribution in [1.29, 1.82) is 0 Å². The van der Waals surface area contributed by atoms with Crippen LogP contribution in [0, 0.1) is 11.8 Å². The van der Waals surface area contributed by atoms with E-state index in [-0.39, 0.29) is 22.3 Å². The molecule has 2 aromatic carbocycles. The quantitative estimate of drug-likeness (QED) is 0.524. The minimum Gasteiger partial charge on any atom is -0.508 e. The molecule has 2 aliphatic rings. The van der Waals surface area contributed by atoms with Crippen LogP contribution in [0.25, 0.3) is 0 Å². The zero-order chi connectivity index (χ0) is 24.3. The van der Waals surface area contributed by atoms with E-state index in [0.29, 0.717) is 36.2 Å². The molecular weight excluding hydrogens is 412 g/mol. The summed E-state index contributed by atoms with van der Waals surface area (Å²) in [6.07, 6.45) is 3.04. The van der Waals surface area contributed by atoms with Gasteiger partial charge in [0.05, 0.1) is 0 Å². The van der Waals surface area contributed by atoms with E-state index < -0.39 is 5.79 Å². The number of ether oxygens (including phenoxy) is 2. The lowest BCUT2D eigenvalue weighted by Gasteiger charge is -2.51.